The van der Waals surface area contributed by atoms with Crippen LogP contribution in [0.15, 0.2) is 23.8 Å². The summed E-state index contributed by atoms with van der Waals surface area (Å²) in [6.45, 7) is 12.8. The molecule has 0 heterocycles. The first kappa shape index (κ1) is 18.1. The minimum atomic E-state index is -0.310. The third-order valence-electron chi connectivity index (χ3n) is 2.88. The van der Waals surface area contributed by atoms with Gasteiger partial charge in [0.05, 0.1) is 0 Å². The Hall–Kier alpha value is -0.890. The Kier molecular flexibility index (Phi) is 9.50. The summed E-state index contributed by atoms with van der Waals surface area (Å²) in [6, 6.07) is 0. The molecule has 0 aliphatic rings. The van der Waals surface area contributed by atoms with Crippen molar-refractivity contribution in [1.82, 2.24) is 0 Å². The van der Waals surface area contributed by atoms with Gasteiger partial charge in [0.2, 0.25) is 0 Å². The molecule has 0 spiro atoms. The minimum absolute atomic E-state index is 0.0189. The van der Waals surface area contributed by atoms with Crippen molar-refractivity contribution < 1.29 is 9.53 Å². The van der Waals surface area contributed by atoms with E-state index in [1.165, 1.54) is 5.57 Å². The molecule has 0 aliphatic heterocycles. The fourth-order valence-electron chi connectivity index (χ4n) is 1.69. The average molecular weight is 266 g/mol. The van der Waals surface area contributed by atoms with Crippen LogP contribution in [-0.4, -0.2) is 18.5 Å². The Morgan fingerprint density at radius 3 is 2.26 bits per heavy atom. The third-order valence-corrected chi connectivity index (χ3v) is 2.88. The number of carbonyl (C=O) groups is 1. The van der Waals surface area contributed by atoms with Crippen LogP contribution in [0.2, 0.25) is 0 Å². The van der Waals surface area contributed by atoms with Gasteiger partial charge in [-0.3, -0.25) is 4.79 Å². The molecule has 0 N–H and O–H groups in total. The lowest BCUT2D eigenvalue weighted by Gasteiger charge is -2.20. The summed E-state index contributed by atoms with van der Waals surface area (Å²) in [7, 11) is 0. The van der Waals surface area contributed by atoms with E-state index in [2.05, 4.69) is 39.0 Å². The molecule has 0 rings (SSSR count). The fraction of sp³-hybridized carbons (Fsp3) is 0.706. The summed E-state index contributed by atoms with van der Waals surface area (Å²) in [5.41, 5.74) is 1.17. The molecule has 1 atom stereocenters. The van der Waals surface area contributed by atoms with Crippen molar-refractivity contribution in [3.63, 3.8) is 0 Å². The Bertz CT molecular complexity index is 311. The lowest BCUT2D eigenvalue weighted by molar-refractivity contribution is -0.134. The summed E-state index contributed by atoms with van der Waals surface area (Å²) < 4.78 is 5.81. The van der Waals surface area contributed by atoms with Gasteiger partial charge in [-0.1, -0.05) is 52.8 Å². The van der Waals surface area contributed by atoms with Crippen molar-refractivity contribution in [1.29, 1.82) is 0 Å². The fourth-order valence-corrected chi connectivity index (χ4v) is 1.69. The normalized spacial score (nSPS) is 14.6. The molecule has 19 heavy (non-hydrogen) atoms. The highest BCUT2D eigenvalue weighted by Gasteiger charge is 2.22. The molecule has 0 aliphatic carbocycles. The highest BCUT2D eigenvalue weighted by Crippen LogP contribution is 2.16. The third kappa shape index (κ3) is 7.99. The van der Waals surface area contributed by atoms with E-state index in [1.54, 1.807) is 0 Å². The van der Waals surface area contributed by atoms with Crippen LogP contribution in [0.25, 0.3) is 0 Å². The second kappa shape index (κ2) is 9.96. The van der Waals surface area contributed by atoms with Crippen molar-refractivity contribution in [3.05, 3.63) is 23.8 Å². The molecule has 0 aromatic heterocycles. The van der Waals surface area contributed by atoms with Crippen molar-refractivity contribution in [2.24, 2.45) is 11.8 Å². The molecule has 0 saturated heterocycles. The van der Waals surface area contributed by atoms with Crippen molar-refractivity contribution >= 4 is 5.78 Å². The maximum Gasteiger partial charge on any atom is 0.164 e. The lowest BCUT2D eigenvalue weighted by atomic mass is 9.97. The molecule has 0 radical (unpaired) electrons. The number of hydrogen-bond acceptors (Lipinski definition) is 2. The number of Topliss-reactive ketones (excluding diaryl/α,β-unsaturated/α-hetero) is 1. The van der Waals surface area contributed by atoms with Crippen molar-refractivity contribution in [2.45, 2.75) is 60.5 Å². The van der Waals surface area contributed by atoms with E-state index in [9.17, 15) is 4.79 Å². The SMILES string of the molecule is C/C=C(\C=C/CC)CC(OCC(C)C)C(=O)C(C)C. The second-order valence-corrected chi connectivity index (χ2v) is 5.65. The standard InChI is InChI=1S/C17H30O2/c1-7-9-10-15(8-2)11-16(17(18)14(5)6)19-12-13(3)4/h8-10,13-14,16H,7,11-12H2,1-6H3/b10-9-,15-8+. The van der Waals surface area contributed by atoms with E-state index in [1.807, 2.05) is 20.8 Å². The van der Waals surface area contributed by atoms with Crippen LogP contribution in [-0.2, 0) is 9.53 Å². The van der Waals surface area contributed by atoms with Gasteiger partial charge in [-0.05, 0) is 24.8 Å². The lowest BCUT2D eigenvalue weighted by Crippen LogP contribution is -2.30. The number of hydrogen-bond donors (Lipinski definition) is 0. The van der Waals surface area contributed by atoms with E-state index >= 15 is 0 Å². The zero-order chi connectivity index (χ0) is 14.8. The van der Waals surface area contributed by atoms with Gasteiger partial charge in [0.25, 0.3) is 0 Å². The minimum Gasteiger partial charge on any atom is -0.370 e. The second-order valence-electron chi connectivity index (χ2n) is 5.65. The number of ketones is 1. The molecule has 0 amide bonds. The van der Waals surface area contributed by atoms with Gasteiger partial charge in [0.1, 0.15) is 6.10 Å². The molecular formula is C17H30O2. The summed E-state index contributed by atoms with van der Waals surface area (Å²) in [5, 5.41) is 0. The summed E-state index contributed by atoms with van der Waals surface area (Å²) >= 11 is 0. The Morgan fingerprint density at radius 1 is 1.21 bits per heavy atom. The van der Waals surface area contributed by atoms with E-state index in [4.69, 9.17) is 4.74 Å². The maximum absolute atomic E-state index is 12.2. The molecule has 0 fully saturated rings. The molecule has 0 saturated carbocycles. The van der Waals surface area contributed by atoms with E-state index < -0.39 is 0 Å². The number of ether oxygens (including phenoxy) is 1. The Labute approximate surface area is 118 Å². The quantitative estimate of drug-likeness (QED) is 0.572. The van der Waals surface area contributed by atoms with Gasteiger partial charge in [-0.15, -0.1) is 0 Å². The number of carbonyl (C=O) groups excluding carboxylic acids is 1. The molecule has 2 nitrogen and oxygen atoms in total. The van der Waals surface area contributed by atoms with Crippen LogP contribution < -0.4 is 0 Å². The molecule has 0 bridgehead atoms. The molecule has 110 valence electrons. The van der Waals surface area contributed by atoms with E-state index in [0.717, 1.165) is 6.42 Å². The van der Waals surface area contributed by atoms with E-state index in [-0.39, 0.29) is 17.8 Å². The predicted octanol–water partition coefficient (Wildman–Crippen LogP) is 4.56. The molecule has 1 unspecified atom stereocenters. The zero-order valence-corrected chi connectivity index (χ0v) is 13.4. The predicted molar refractivity (Wildman–Crippen MR) is 82.2 cm³/mol. The molecule has 2 heteroatoms. The largest absolute Gasteiger partial charge is 0.370 e. The van der Waals surface area contributed by atoms with E-state index in [0.29, 0.717) is 18.9 Å². The van der Waals surface area contributed by atoms with Crippen LogP contribution >= 0.6 is 0 Å². The Balaban J connectivity index is 4.73. The monoisotopic (exact) mass is 266 g/mol. The van der Waals surface area contributed by atoms with Crippen molar-refractivity contribution in [3.8, 4) is 0 Å². The highest BCUT2D eigenvalue weighted by molar-refractivity contribution is 5.85. The number of allylic oxidation sites excluding steroid dienone is 3. The van der Waals surface area contributed by atoms with Crippen LogP contribution in [0.5, 0.6) is 0 Å². The van der Waals surface area contributed by atoms with Gasteiger partial charge in [0.15, 0.2) is 5.78 Å². The summed E-state index contributed by atoms with van der Waals surface area (Å²) in [5.74, 6) is 0.665. The Morgan fingerprint density at radius 2 is 1.84 bits per heavy atom. The highest BCUT2D eigenvalue weighted by atomic mass is 16.5. The van der Waals surface area contributed by atoms with Crippen LogP contribution in [0.3, 0.4) is 0 Å². The van der Waals surface area contributed by atoms with Crippen LogP contribution in [0.1, 0.15) is 54.4 Å². The first-order chi connectivity index (χ1) is 8.92. The molecular weight excluding hydrogens is 236 g/mol. The van der Waals surface area contributed by atoms with Gasteiger partial charge < -0.3 is 4.74 Å². The van der Waals surface area contributed by atoms with Crippen LogP contribution in [0, 0.1) is 11.8 Å². The van der Waals surface area contributed by atoms with Gasteiger partial charge >= 0.3 is 0 Å². The van der Waals surface area contributed by atoms with Gasteiger partial charge in [-0.2, -0.15) is 0 Å². The maximum atomic E-state index is 12.2. The van der Waals surface area contributed by atoms with Gasteiger partial charge in [-0.25, -0.2) is 0 Å². The summed E-state index contributed by atoms with van der Waals surface area (Å²) in [6.07, 6.45) is 7.65. The molecule has 0 aromatic carbocycles. The number of rotatable bonds is 9. The molecule has 0 aromatic rings. The van der Waals surface area contributed by atoms with Crippen LogP contribution in [0.4, 0.5) is 0 Å². The zero-order valence-electron chi connectivity index (χ0n) is 13.4. The smallest absolute Gasteiger partial charge is 0.164 e. The first-order valence-corrected chi connectivity index (χ1v) is 7.39. The topological polar surface area (TPSA) is 26.3 Å². The van der Waals surface area contributed by atoms with Crippen molar-refractivity contribution in [2.75, 3.05) is 6.61 Å². The summed E-state index contributed by atoms with van der Waals surface area (Å²) in [4.78, 5) is 12.2. The van der Waals surface area contributed by atoms with Gasteiger partial charge in [0, 0.05) is 18.9 Å². The average Bonchev–Trinajstić information content (AvgIpc) is 2.36. The first-order valence-electron chi connectivity index (χ1n) is 7.39.